The van der Waals surface area contributed by atoms with Gasteiger partial charge in [0.1, 0.15) is 0 Å². The number of rotatable bonds is 3. The second-order valence-corrected chi connectivity index (χ2v) is 4.18. The Balaban J connectivity index is 0.000000336. The molecule has 1 aromatic carbocycles. The van der Waals surface area contributed by atoms with Crippen molar-refractivity contribution in [1.29, 1.82) is 0 Å². The van der Waals surface area contributed by atoms with Gasteiger partial charge in [-0.15, -0.1) is 0 Å². The highest BCUT2D eigenvalue weighted by Crippen LogP contribution is 2.05. The Kier molecular flexibility index (Phi) is 8.25. The highest BCUT2D eigenvalue weighted by atomic mass is 35.5. The molecule has 0 unspecified atom stereocenters. The van der Waals surface area contributed by atoms with Crippen LogP contribution in [0.4, 0.5) is 0 Å². The molecule has 2 heteroatoms. The first-order valence-electron chi connectivity index (χ1n) is 5.03. The van der Waals surface area contributed by atoms with E-state index >= 15 is 0 Å². The first kappa shape index (κ1) is 14.3. The Labute approximate surface area is 103 Å². The van der Waals surface area contributed by atoms with Crippen molar-refractivity contribution in [1.82, 2.24) is 0 Å². The van der Waals surface area contributed by atoms with Gasteiger partial charge >= 0.3 is 0 Å². The largest absolute Gasteiger partial charge is 0.0985 e. The zero-order chi connectivity index (χ0) is 11.7. The van der Waals surface area contributed by atoms with E-state index in [4.69, 9.17) is 11.6 Å². The summed E-state index contributed by atoms with van der Waals surface area (Å²) < 4.78 is 0.560. The lowest BCUT2D eigenvalue weighted by Gasteiger charge is -1.95. The molecule has 0 radical (unpaired) electrons. The summed E-state index contributed by atoms with van der Waals surface area (Å²) in [6.45, 7) is 7.77. The van der Waals surface area contributed by atoms with Crippen molar-refractivity contribution >= 4 is 34.2 Å². The van der Waals surface area contributed by atoms with E-state index in [2.05, 4.69) is 50.0 Å². The monoisotopic (exact) mass is 240 g/mol. The second kappa shape index (κ2) is 8.63. The summed E-state index contributed by atoms with van der Waals surface area (Å²) in [7, 11) is 0. The van der Waals surface area contributed by atoms with Gasteiger partial charge < -0.3 is 0 Å². The fourth-order valence-corrected chi connectivity index (χ4v) is 0.889. The van der Waals surface area contributed by atoms with Crippen LogP contribution in [0.3, 0.4) is 0 Å². The lowest BCUT2D eigenvalue weighted by atomic mass is 10.1. The number of hydrogen-bond donors (Lipinski definition) is 0. The molecule has 15 heavy (non-hydrogen) atoms. The van der Waals surface area contributed by atoms with E-state index in [1.807, 2.05) is 13.0 Å². The molecule has 0 aliphatic carbocycles. The maximum Gasteiger partial charge on any atom is 0.0805 e. The van der Waals surface area contributed by atoms with E-state index in [0.717, 1.165) is 12.8 Å². The van der Waals surface area contributed by atoms with Crippen LogP contribution in [-0.2, 0) is 6.42 Å². The molecule has 1 aromatic rings. The molecule has 1 rings (SSSR count). The molecule has 0 heterocycles. The predicted molar refractivity (Wildman–Crippen MR) is 74.7 cm³/mol. The van der Waals surface area contributed by atoms with Gasteiger partial charge in [0.2, 0.25) is 0 Å². The minimum absolute atomic E-state index is 0.560. The minimum Gasteiger partial charge on any atom is -0.0985 e. The zero-order valence-electron chi connectivity index (χ0n) is 9.29. The fourth-order valence-electron chi connectivity index (χ4n) is 0.889. The zero-order valence-corrected chi connectivity index (χ0v) is 10.9. The minimum atomic E-state index is 0.560. The molecule has 0 N–H and O–H groups in total. The lowest BCUT2D eigenvalue weighted by molar-refractivity contribution is 1.14. The normalized spacial score (nSPS) is 8.73. The molecule has 0 fully saturated rings. The van der Waals surface area contributed by atoms with Crippen molar-refractivity contribution in [2.24, 2.45) is 0 Å². The third-order valence-electron chi connectivity index (χ3n) is 1.90. The van der Waals surface area contributed by atoms with Gasteiger partial charge in [0.15, 0.2) is 0 Å². The van der Waals surface area contributed by atoms with Crippen molar-refractivity contribution in [3.63, 3.8) is 0 Å². The van der Waals surface area contributed by atoms with Gasteiger partial charge in [-0.1, -0.05) is 74.6 Å². The third kappa shape index (κ3) is 7.29. The van der Waals surface area contributed by atoms with Gasteiger partial charge in [-0.25, -0.2) is 0 Å². The average Bonchev–Trinajstić information content (AvgIpc) is 2.30. The summed E-state index contributed by atoms with van der Waals surface area (Å²) in [6.07, 6.45) is 3.77. The van der Waals surface area contributed by atoms with Crippen molar-refractivity contribution < 1.29 is 0 Å². The van der Waals surface area contributed by atoms with Crippen LogP contribution in [0.5, 0.6) is 0 Å². The average molecular weight is 241 g/mol. The molecular weight excluding hydrogens is 224 g/mol. The highest BCUT2D eigenvalue weighted by molar-refractivity contribution is 7.83. The molecule has 82 valence electrons. The Morgan fingerprint density at radius 3 is 2.07 bits per heavy atom. The maximum absolute atomic E-state index is 5.19. The van der Waals surface area contributed by atoms with Crippen molar-refractivity contribution in [3.8, 4) is 0 Å². The Morgan fingerprint density at radius 1 is 1.33 bits per heavy atom. The first-order valence-corrected chi connectivity index (χ1v) is 5.82. The van der Waals surface area contributed by atoms with Gasteiger partial charge in [-0.2, -0.15) is 0 Å². The quantitative estimate of drug-likeness (QED) is 0.537. The van der Waals surface area contributed by atoms with E-state index in [1.165, 1.54) is 11.1 Å². The Morgan fingerprint density at radius 2 is 1.80 bits per heavy atom. The van der Waals surface area contributed by atoms with Crippen molar-refractivity contribution in [2.75, 3.05) is 0 Å². The molecule has 0 nitrogen and oxygen atoms in total. The number of benzene rings is 1. The van der Waals surface area contributed by atoms with Crippen LogP contribution in [0.1, 0.15) is 31.4 Å². The third-order valence-corrected chi connectivity index (χ3v) is 2.46. The summed E-state index contributed by atoms with van der Waals surface area (Å²) >= 11 is 9.66. The topological polar surface area (TPSA) is 0 Å². The summed E-state index contributed by atoms with van der Waals surface area (Å²) in [6, 6.07) is 8.45. The van der Waals surface area contributed by atoms with Crippen LogP contribution in [0.15, 0.2) is 30.8 Å². The van der Waals surface area contributed by atoms with E-state index < -0.39 is 0 Å². The van der Waals surface area contributed by atoms with Crippen LogP contribution < -0.4 is 0 Å². The van der Waals surface area contributed by atoms with Crippen LogP contribution in [0.25, 0.3) is 6.08 Å². The molecule has 0 aliphatic heterocycles. The SMILES string of the molecule is C=Cc1ccc(CC)cc1.CCC(=S)Cl. The summed E-state index contributed by atoms with van der Waals surface area (Å²) in [5, 5.41) is 0. The van der Waals surface area contributed by atoms with Gasteiger partial charge in [-0.05, 0) is 24.0 Å². The summed E-state index contributed by atoms with van der Waals surface area (Å²) in [5.74, 6) is 0. The van der Waals surface area contributed by atoms with Crippen molar-refractivity contribution in [3.05, 3.63) is 42.0 Å². The van der Waals surface area contributed by atoms with Crippen molar-refractivity contribution in [2.45, 2.75) is 26.7 Å². The standard InChI is InChI=1S/C10H12.C3H5ClS/c1-3-9-5-7-10(4-2)8-6-9;1-2-3(4)5/h3,5-8H,1,4H2,2H3;2H2,1H3. The van der Waals surface area contributed by atoms with E-state index in [9.17, 15) is 0 Å². The van der Waals surface area contributed by atoms with E-state index in [0.29, 0.717) is 4.32 Å². The molecule has 0 saturated carbocycles. The molecule has 0 saturated heterocycles. The van der Waals surface area contributed by atoms with Gasteiger partial charge in [0, 0.05) is 0 Å². The number of hydrogen-bond acceptors (Lipinski definition) is 1. The predicted octanol–water partition coefficient (Wildman–Crippen LogP) is 4.85. The molecule has 0 atom stereocenters. The number of thiocarbonyl (C=S) groups is 1. The summed E-state index contributed by atoms with van der Waals surface area (Å²) in [4.78, 5) is 0. The first-order chi connectivity index (χ1) is 7.13. The summed E-state index contributed by atoms with van der Waals surface area (Å²) in [5.41, 5.74) is 2.57. The van der Waals surface area contributed by atoms with Gasteiger partial charge in [-0.3, -0.25) is 0 Å². The lowest BCUT2D eigenvalue weighted by Crippen LogP contribution is -1.78. The molecule has 0 amide bonds. The highest BCUT2D eigenvalue weighted by Gasteiger charge is 1.86. The smallest absolute Gasteiger partial charge is 0.0805 e. The molecule has 0 aromatic heterocycles. The number of aryl methyl sites for hydroxylation is 1. The molecule has 0 spiro atoms. The maximum atomic E-state index is 5.19. The van der Waals surface area contributed by atoms with Gasteiger partial charge in [0.05, 0.1) is 4.32 Å². The van der Waals surface area contributed by atoms with E-state index in [-0.39, 0.29) is 0 Å². The van der Waals surface area contributed by atoms with Crippen LogP contribution in [-0.4, -0.2) is 4.32 Å². The fraction of sp³-hybridized carbons (Fsp3) is 0.308. The molecule has 0 aliphatic rings. The van der Waals surface area contributed by atoms with E-state index in [1.54, 1.807) is 0 Å². The van der Waals surface area contributed by atoms with Crippen LogP contribution >= 0.6 is 23.8 Å². The molecule has 0 bridgehead atoms. The number of halogens is 1. The molecular formula is C13H17ClS. The second-order valence-electron chi connectivity index (χ2n) is 3.01. The van der Waals surface area contributed by atoms with Gasteiger partial charge in [0.25, 0.3) is 0 Å². The Hall–Kier alpha value is -0.660. The van der Waals surface area contributed by atoms with Crippen LogP contribution in [0, 0.1) is 0 Å². The van der Waals surface area contributed by atoms with Crippen LogP contribution in [0.2, 0.25) is 0 Å². The Bertz CT molecular complexity index is 301.